The second-order valence-corrected chi connectivity index (χ2v) is 9.12. The number of para-hydroxylation sites is 1. The molecule has 3 saturated heterocycles. The van der Waals surface area contributed by atoms with Gasteiger partial charge >= 0.3 is 0 Å². The van der Waals surface area contributed by atoms with E-state index in [0.29, 0.717) is 31.3 Å². The number of piperazine rings is 1. The third-order valence-corrected chi connectivity index (χ3v) is 7.28. The molecule has 2 amide bonds. The Morgan fingerprint density at radius 3 is 2.91 bits per heavy atom. The maximum absolute atomic E-state index is 13.3. The van der Waals surface area contributed by atoms with Crippen LogP contribution in [0, 0.1) is 17.2 Å². The first-order chi connectivity index (χ1) is 15.6. The van der Waals surface area contributed by atoms with Gasteiger partial charge < -0.3 is 15.5 Å². The van der Waals surface area contributed by atoms with Crippen molar-refractivity contribution in [3.8, 4) is 17.5 Å². The summed E-state index contributed by atoms with van der Waals surface area (Å²) in [5, 5.41) is 23.6. The number of amides is 2. The Bertz CT molecular complexity index is 1110. The predicted octanol–water partition coefficient (Wildman–Crippen LogP) is -0.504. The van der Waals surface area contributed by atoms with Crippen molar-refractivity contribution in [1.29, 1.82) is 5.26 Å². The highest BCUT2D eigenvalue weighted by Gasteiger charge is 2.56. The van der Waals surface area contributed by atoms with Gasteiger partial charge in [0, 0.05) is 24.7 Å². The minimum atomic E-state index is -0.739. The first kappa shape index (κ1) is 19.3. The zero-order chi connectivity index (χ0) is 22.0. The lowest BCUT2D eigenvalue weighted by Gasteiger charge is -2.36. The van der Waals surface area contributed by atoms with E-state index in [9.17, 15) is 14.9 Å². The summed E-state index contributed by atoms with van der Waals surface area (Å²) in [7, 11) is 0. The summed E-state index contributed by atoms with van der Waals surface area (Å²) in [5.41, 5.74) is 7.80. The highest BCUT2D eigenvalue weighted by Crippen LogP contribution is 2.48. The summed E-state index contributed by atoms with van der Waals surface area (Å²) < 4.78 is 0. The fraction of sp³-hybridized carbons (Fsp3) is 0.524. The van der Waals surface area contributed by atoms with Crippen molar-refractivity contribution in [3.05, 3.63) is 24.3 Å². The van der Waals surface area contributed by atoms with E-state index in [2.05, 4.69) is 26.7 Å². The minimum Gasteiger partial charge on any atom is -0.322 e. The van der Waals surface area contributed by atoms with Crippen LogP contribution in [0.4, 0.5) is 5.69 Å². The lowest BCUT2D eigenvalue weighted by molar-refractivity contribution is -0.135. The predicted molar refractivity (Wildman–Crippen MR) is 112 cm³/mol. The number of nitriles is 1. The Hall–Kier alpha value is -3.36. The molecule has 4 heterocycles. The van der Waals surface area contributed by atoms with Crippen molar-refractivity contribution in [1.82, 2.24) is 30.4 Å². The molecule has 6 atom stereocenters. The number of anilines is 1. The molecule has 3 aliphatic heterocycles. The number of fused-ring (bicyclic) bond motifs is 3. The number of benzene rings is 1. The van der Waals surface area contributed by atoms with E-state index in [4.69, 9.17) is 5.73 Å². The quantitative estimate of drug-likeness (QED) is 0.641. The number of likely N-dealkylation sites (tertiary alicyclic amines) is 2. The van der Waals surface area contributed by atoms with Crippen molar-refractivity contribution in [2.45, 2.75) is 49.5 Å². The van der Waals surface area contributed by atoms with E-state index >= 15 is 0 Å². The Balaban J connectivity index is 1.17. The van der Waals surface area contributed by atoms with Gasteiger partial charge in [0.2, 0.25) is 17.6 Å². The number of carbonyl (C=O) groups is 2. The Morgan fingerprint density at radius 1 is 1.31 bits per heavy atom. The number of aromatic amines is 1. The molecule has 4 aliphatic rings. The number of H-pyrrole nitrogens is 1. The second-order valence-electron chi connectivity index (χ2n) is 9.12. The number of carbonyl (C=O) groups excluding carboxylic acids is 2. The average molecular weight is 433 g/mol. The fourth-order valence-electron chi connectivity index (χ4n) is 5.74. The van der Waals surface area contributed by atoms with Crippen molar-refractivity contribution < 1.29 is 9.59 Å². The van der Waals surface area contributed by atoms with Gasteiger partial charge in [-0.05, 0) is 42.5 Å². The number of tetrazole rings is 1. The van der Waals surface area contributed by atoms with Crippen LogP contribution in [0.3, 0.4) is 0 Å². The molecule has 2 bridgehead atoms. The summed E-state index contributed by atoms with van der Waals surface area (Å²) in [6.07, 6.45) is 2.41. The molecule has 11 heteroatoms. The first-order valence-electron chi connectivity index (χ1n) is 10.9. The Morgan fingerprint density at radius 2 is 2.16 bits per heavy atom. The van der Waals surface area contributed by atoms with Crippen LogP contribution < -0.4 is 10.6 Å². The summed E-state index contributed by atoms with van der Waals surface area (Å²) >= 11 is 0. The van der Waals surface area contributed by atoms with Gasteiger partial charge in [0.1, 0.15) is 6.04 Å². The van der Waals surface area contributed by atoms with Gasteiger partial charge in [-0.15, -0.1) is 10.2 Å². The van der Waals surface area contributed by atoms with Crippen molar-refractivity contribution >= 4 is 17.5 Å². The average Bonchev–Trinajstić information content (AvgIpc) is 3.25. The van der Waals surface area contributed by atoms with Gasteiger partial charge in [0.05, 0.1) is 29.9 Å². The number of rotatable bonds is 5. The molecule has 1 aromatic carbocycles. The standard InChI is InChI=1S/C21H23N9O2/c22-8-12-5-11-6-17(11)29(12)20(31)15(23)10-28-9-13-7-18(28)21(32)30(13)16-4-2-1-3-14(16)19-24-26-27-25-19/h1-4,11-13,15,17-18H,5-7,9-10,23H2,(H,24,25,26,27)/t11?,12-,13+,15-,17-,18+/m0/s1. The first-order valence-corrected chi connectivity index (χ1v) is 10.9. The SMILES string of the molecule is N#C[C@@H]1CC2C[C@@H]2N1C(=O)[C@@H](N)CN1C[C@H]2C[C@@H]1C(=O)N2c1ccccc1-c1nn[nH]n1. The zero-order valence-corrected chi connectivity index (χ0v) is 17.3. The van der Waals surface area contributed by atoms with E-state index in [0.717, 1.165) is 24.1 Å². The van der Waals surface area contributed by atoms with Crippen molar-refractivity contribution in [2.24, 2.45) is 11.7 Å². The Kier molecular flexibility index (Phi) is 4.28. The number of nitrogens with zero attached hydrogens (tertiary/aromatic N) is 7. The maximum Gasteiger partial charge on any atom is 0.244 e. The summed E-state index contributed by atoms with van der Waals surface area (Å²) in [6, 6.07) is 8.52. The Labute approximate surface area is 184 Å². The van der Waals surface area contributed by atoms with E-state index < -0.39 is 6.04 Å². The van der Waals surface area contributed by atoms with Crippen LogP contribution >= 0.6 is 0 Å². The fourth-order valence-corrected chi connectivity index (χ4v) is 5.74. The van der Waals surface area contributed by atoms with Crippen molar-refractivity contribution in [2.75, 3.05) is 18.0 Å². The number of piperidine rings is 1. The van der Waals surface area contributed by atoms with Crippen LogP contribution in [0.1, 0.15) is 19.3 Å². The van der Waals surface area contributed by atoms with Crippen LogP contribution in [-0.2, 0) is 9.59 Å². The molecule has 1 saturated carbocycles. The van der Waals surface area contributed by atoms with Gasteiger partial charge in [-0.1, -0.05) is 12.1 Å². The van der Waals surface area contributed by atoms with Crippen LogP contribution in [0.5, 0.6) is 0 Å². The number of nitrogens with two attached hydrogens (primary N) is 1. The van der Waals surface area contributed by atoms with E-state index in [-0.39, 0.29) is 36.0 Å². The third-order valence-electron chi connectivity index (χ3n) is 7.28. The summed E-state index contributed by atoms with van der Waals surface area (Å²) in [4.78, 5) is 31.8. The largest absolute Gasteiger partial charge is 0.322 e. The third kappa shape index (κ3) is 2.83. The van der Waals surface area contributed by atoms with Gasteiger partial charge in [-0.2, -0.15) is 10.5 Å². The maximum atomic E-state index is 13.3. The van der Waals surface area contributed by atoms with Gasteiger partial charge in [-0.3, -0.25) is 14.5 Å². The molecular formula is C21H23N9O2. The molecule has 6 rings (SSSR count). The number of hydrogen-bond acceptors (Lipinski definition) is 8. The molecular weight excluding hydrogens is 410 g/mol. The molecule has 3 N–H and O–H groups in total. The summed E-state index contributed by atoms with van der Waals surface area (Å²) in [5.74, 6) is 0.718. The topological polar surface area (TPSA) is 148 Å². The molecule has 0 spiro atoms. The van der Waals surface area contributed by atoms with Gasteiger partial charge in [-0.25, -0.2) is 0 Å². The van der Waals surface area contributed by atoms with Crippen LogP contribution in [-0.4, -0.2) is 85.5 Å². The molecule has 0 radical (unpaired) electrons. The molecule has 1 unspecified atom stereocenters. The number of hydrogen-bond donors (Lipinski definition) is 2. The van der Waals surface area contributed by atoms with E-state index in [1.807, 2.05) is 34.1 Å². The molecule has 1 aromatic heterocycles. The smallest absolute Gasteiger partial charge is 0.244 e. The highest BCUT2D eigenvalue weighted by atomic mass is 16.2. The molecule has 1 aliphatic carbocycles. The van der Waals surface area contributed by atoms with Gasteiger partial charge in [0.15, 0.2) is 0 Å². The van der Waals surface area contributed by atoms with Crippen molar-refractivity contribution in [3.63, 3.8) is 0 Å². The number of aromatic nitrogens is 4. The minimum absolute atomic E-state index is 0.00447. The summed E-state index contributed by atoms with van der Waals surface area (Å²) in [6.45, 7) is 0.962. The lowest BCUT2D eigenvalue weighted by Crippen LogP contribution is -2.57. The monoisotopic (exact) mass is 433 g/mol. The second kappa shape index (κ2) is 7.08. The van der Waals surface area contributed by atoms with Crippen LogP contribution in [0.2, 0.25) is 0 Å². The molecule has 11 nitrogen and oxygen atoms in total. The van der Waals surface area contributed by atoms with Crippen LogP contribution in [0.15, 0.2) is 24.3 Å². The molecule has 32 heavy (non-hydrogen) atoms. The number of nitrogens with one attached hydrogen (secondary N) is 1. The lowest BCUT2D eigenvalue weighted by atomic mass is 10.1. The highest BCUT2D eigenvalue weighted by molar-refractivity contribution is 6.04. The zero-order valence-electron chi connectivity index (χ0n) is 17.3. The normalized spacial score (nSPS) is 31.6. The molecule has 2 aromatic rings. The molecule has 164 valence electrons. The van der Waals surface area contributed by atoms with Crippen LogP contribution in [0.25, 0.3) is 11.4 Å². The van der Waals surface area contributed by atoms with E-state index in [1.54, 1.807) is 4.90 Å². The van der Waals surface area contributed by atoms with E-state index in [1.165, 1.54) is 0 Å². The molecule has 4 fully saturated rings. The van der Waals surface area contributed by atoms with Gasteiger partial charge in [0.25, 0.3) is 0 Å².